The largest absolute Gasteiger partial charge is 0.493 e. The van der Waals surface area contributed by atoms with E-state index >= 15 is 0 Å². The Morgan fingerprint density at radius 3 is 2.76 bits per heavy atom. The second-order valence-corrected chi connectivity index (χ2v) is 4.79. The van der Waals surface area contributed by atoms with Gasteiger partial charge in [-0.15, -0.1) is 0 Å². The Hall–Kier alpha value is -2.27. The summed E-state index contributed by atoms with van der Waals surface area (Å²) in [6, 6.07) is 8.36. The maximum absolute atomic E-state index is 11.3. The van der Waals surface area contributed by atoms with E-state index in [0.717, 1.165) is 5.69 Å². The third kappa shape index (κ3) is 3.64. The molecule has 21 heavy (non-hydrogen) atoms. The van der Waals surface area contributed by atoms with E-state index in [1.54, 1.807) is 6.07 Å². The first kappa shape index (κ1) is 15.1. The monoisotopic (exact) mass is 307 g/mol. The summed E-state index contributed by atoms with van der Waals surface area (Å²) in [5, 5.41) is 9.51. The van der Waals surface area contributed by atoms with Crippen molar-refractivity contribution in [2.75, 3.05) is 7.11 Å². The molecule has 0 bridgehead atoms. The Morgan fingerprint density at radius 1 is 1.38 bits per heavy atom. The van der Waals surface area contributed by atoms with Gasteiger partial charge in [-0.2, -0.15) is 0 Å². The lowest BCUT2D eigenvalue weighted by Crippen LogP contribution is -2.06. The van der Waals surface area contributed by atoms with Crippen LogP contribution in [0.25, 0.3) is 0 Å². The van der Waals surface area contributed by atoms with Gasteiger partial charge in [0.1, 0.15) is 12.2 Å². The minimum Gasteiger partial charge on any atom is -0.493 e. The van der Waals surface area contributed by atoms with Crippen molar-refractivity contribution in [3.63, 3.8) is 0 Å². The zero-order valence-electron chi connectivity index (χ0n) is 11.6. The minimum absolute atomic E-state index is 0.0491. The Bertz CT molecular complexity index is 673. The van der Waals surface area contributed by atoms with Crippen LogP contribution < -0.4 is 9.47 Å². The molecule has 1 aromatic heterocycles. The molecule has 1 heterocycles. The number of aromatic carboxylic acids is 1. The van der Waals surface area contributed by atoms with Crippen LogP contribution in [0.5, 0.6) is 11.5 Å². The predicted octanol–water partition coefficient (Wildman–Crippen LogP) is 3.33. The van der Waals surface area contributed by atoms with Crippen LogP contribution in [0, 0.1) is 6.92 Å². The molecule has 110 valence electrons. The van der Waals surface area contributed by atoms with Crippen LogP contribution in [0.3, 0.4) is 0 Å². The van der Waals surface area contributed by atoms with Crippen molar-refractivity contribution in [2.24, 2.45) is 0 Å². The standard InChI is InChI=1S/C15H14ClNO4/c1-9-4-3-5-11(17-9)8-21-14-12(15(18)19)6-10(16)7-13(14)20-2/h3-7H,8H2,1-2H3,(H,18,19). The number of halogens is 1. The number of ether oxygens (including phenoxy) is 2. The molecule has 0 atom stereocenters. The Labute approximate surface area is 127 Å². The van der Waals surface area contributed by atoms with Gasteiger partial charge in [-0.3, -0.25) is 4.98 Å². The van der Waals surface area contributed by atoms with E-state index in [2.05, 4.69) is 4.98 Å². The van der Waals surface area contributed by atoms with Gasteiger partial charge in [-0.05, 0) is 25.1 Å². The van der Waals surface area contributed by atoms with Crippen LogP contribution in [0.1, 0.15) is 21.7 Å². The molecule has 0 unspecified atom stereocenters. The molecule has 0 amide bonds. The summed E-state index contributed by atoms with van der Waals surface area (Å²) in [6.07, 6.45) is 0. The molecule has 1 aromatic carbocycles. The van der Waals surface area contributed by atoms with E-state index in [1.807, 2.05) is 19.1 Å². The van der Waals surface area contributed by atoms with Crippen molar-refractivity contribution in [1.29, 1.82) is 0 Å². The number of carboxylic acids is 1. The molecular weight excluding hydrogens is 294 g/mol. The van der Waals surface area contributed by atoms with Gasteiger partial charge in [0.05, 0.1) is 12.8 Å². The number of hydrogen-bond acceptors (Lipinski definition) is 4. The fourth-order valence-electron chi connectivity index (χ4n) is 1.85. The van der Waals surface area contributed by atoms with Gasteiger partial charge in [-0.1, -0.05) is 17.7 Å². The van der Waals surface area contributed by atoms with Crippen molar-refractivity contribution in [3.05, 3.63) is 52.3 Å². The summed E-state index contributed by atoms with van der Waals surface area (Å²) in [5.74, 6) is -0.728. The van der Waals surface area contributed by atoms with Gasteiger partial charge < -0.3 is 14.6 Å². The fraction of sp³-hybridized carbons (Fsp3) is 0.200. The third-order valence-electron chi connectivity index (χ3n) is 2.78. The minimum atomic E-state index is -1.14. The van der Waals surface area contributed by atoms with Crippen LogP contribution in [-0.4, -0.2) is 23.2 Å². The van der Waals surface area contributed by atoms with Gasteiger partial charge in [0.25, 0.3) is 0 Å². The first-order valence-corrected chi connectivity index (χ1v) is 6.55. The predicted molar refractivity (Wildman–Crippen MR) is 78.3 cm³/mol. The van der Waals surface area contributed by atoms with Gasteiger partial charge >= 0.3 is 5.97 Å². The third-order valence-corrected chi connectivity index (χ3v) is 3.00. The molecule has 0 saturated carbocycles. The van der Waals surface area contributed by atoms with E-state index < -0.39 is 5.97 Å². The van der Waals surface area contributed by atoms with Crippen LogP contribution in [0.4, 0.5) is 0 Å². The molecule has 1 N–H and O–H groups in total. The second-order valence-electron chi connectivity index (χ2n) is 4.35. The summed E-state index contributed by atoms with van der Waals surface area (Å²) in [6.45, 7) is 2.01. The van der Waals surface area contributed by atoms with Crippen molar-refractivity contribution in [1.82, 2.24) is 4.98 Å². The summed E-state index contributed by atoms with van der Waals surface area (Å²) in [4.78, 5) is 15.6. The number of nitrogens with zero attached hydrogens (tertiary/aromatic N) is 1. The highest BCUT2D eigenvalue weighted by atomic mass is 35.5. The Kier molecular flexibility index (Phi) is 4.65. The molecule has 0 radical (unpaired) electrons. The SMILES string of the molecule is COc1cc(Cl)cc(C(=O)O)c1OCc1cccc(C)n1. The Morgan fingerprint density at radius 2 is 2.14 bits per heavy atom. The highest BCUT2D eigenvalue weighted by molar-refractivity contribution is 6.31. The zero-order valence-corrected chi connectivity index (χ0v) is 12.3. The van der Waals surface area contributed by atoms with E-state index in [0.29, 0.717) is 5.69 Å². The quantitative estimate of drug-likeness (QED) is 0.917. The van der Waals surface area contributed by atoms with Crippen LogP contribution >= 0.6 is 11.6 Å². The van der Waals surface area contributed by atoms with Crippen LogP contribution in [0.15, 0.2) is 30.3 Å². The number of methoxy groups -OCH3 is 1. The number of aryl methyl sites for hydroxylation is 1. The summed E-state index contributed by atoms with van der Waals surface area (Å²) in [5.41, 5.74) is 1.51. The van der Waals surface area contributed by atoms with Crippen molar-refractivity contribution < 1.29 is 19.4 Å². The van der Waals surface area contributed by atoms with Crippen molar-refractivity contribution >= 4 is 17.6 Å². The molecule has 0 fully saturated rings. The lowest BCUT2D eigenvalue weighted by atomic mass is 10.2. The molecule has 0 aliphatic heterocycles. The maximum atomic E-state index is 11.3. The Balaban J connectivity index is 2.32. The second kappa shape index (κ2) is 6.45. The molecule has 5 nitrogen and oxygen atoms in total. The molecular formula is C15H14ClNO4. The van der Waals surface area contributed by atoms with Crippen LogP contribution in [-0.2, 0) is 6.61 Å². The van der Waals surface area contributed by atoms with Gasteiger partial charge in [0, 0.05) is 16.8 Å². The number of aromatic nitrogens is 1. The molecule has 0 aliphatic rings. The van der Waals surface area contributed by atoms with E-state index in [4.69, 9.17) is 21.1 Å². The van der Waals surface area contributed by atoms with Gasteiger partial charge in [0.15, 0.2) is 11.5 Å². The van der Waals surface area contributed by atoms with Crippen LogP contribution in [0.2, 0.25) is 5.02 Å². The lowest BCUT2D eigenvalue weighted by molar-refractivity contribution is 0.0690. The topological polar surface area (TPSA) is 68.7 Å². The smallest absolute Gasteiger partial charge is 0.339 e. The highest BCUT2D eigenvalue weighted by Crippen LogP contribution is 2.35. The summed E-state index contributed by atoms with van der Waals surface area (Å²) >= 11 is 5.87. The molecule has 0 saturated heterocycles. The van der Waals surface area contributed by atoms with Crippen molar-refractivity contribution in [2.45, 2.75) is 13.5 Å². The molecule has 2 rings (SSSR count). The zero-order chi connectivity index (χ0) is 15.4. The van der Waals surface area contributed by atoms with Crippen molar-refractivity contribution in [3.8, 4) is 11.5 Å². The summed E-state index contributed by atoms with van der Waals surface area (Å²) < 4.78 is 10.7. The van der Waals surface area contributed by atoms with E-state index in [1.165, 1.54) is 19.2 Å². The number of benzene rings is 1. The lowest BCUT2D eigenvalue weighted by Gasteiger charge is -2.13. The first-order chi connectivity index (χ1) is 10.0. The number of carbonyl (C=O) groups is 1. The molecule has 0 aliphatic carbocycles. The van der Waals surface area contributed by atoms with E-state index in [-0.39, 0.29) is 28.7 Å². The average molecular weight is 308 g/mol. The molecule has 2 aromatic rings. The average Bonchev–Trinajstić information content (AvgIpc) is 2.45. The van der Waals surface area contributed by atoms with E-state index in [9.17, 15) is 9.90 Å². The van der Waals surface area contributed by atoms with Gasteiger partial charge in [-0.25, -0.2) is 4.79 Å². The number of pyridine rings is 1. The normalized spacial score (nSPS) is 10.2. The number of carboxylic acid groups (broad SMARTS) is 1. The number of rotatable bonds is 5. The first-order valence-electron chi connectivity index (χ1n) is 6.17. The fourth-order valence-corrected chi connectivity index (χ4v) is 2.06. The molecule has 0 spiro atoms. The highest BCUT2D eigenvalue weighted by Gasteiger charge is 2.18. The summed E-state index contributed by atoms with van der Waals surface area (Å²) in [7, 11) is 1.43. The number of hydrogen-bond donors (Lipinski definition) is 1. The van der Waals surface area contributed by atoms with Gasteiger partial charge in [0.2, 0.25) is 0 Å². The molecule has 6 heteroatoms. The maximum Gasteiger partial charge on any atom is 0.339 e.